The highest BCUT2D eigenvalue weighted by atomic mass is 31.2. The third-order valence-electron chi connectivity index (χ3n) is 3.56. The van der Waals surface area contributed by atoms with E-state index in [-0.39, 0.29) is 6.42 Å². The quantitative estimate of drug-likeness (QED) is 0.303. The van der Waals surface area contributed by atoms with E-state index in [1.54, 1.807) is 0 Å². The number of aliphatic carboxylic acids is 2. The van der Waals surface area contributed by atoms with Crippen LogP contribution in [-0.4, -0.2) is 58.0 Å². The van der Waals surface area contributed by atoms with Gasteiger partial charge >= 0.3 is 27.1 Å². The first kappa shape index (κ1) is 21.4. The maximum absolute atomic E-state index is 11.5. The summed E-state index contributed by atoms with van der Waals surface area (Å²) in [6, 6.07) is 3.00. The molecule has 0 spiro atoms. The number of pyridine rings is 1. The average molecular weight is 397 g/mol. The van der Waals surface area contributed by atoms with Gasteiger partial charge in [0, 0.05) is 18.3 Å². The van der Waals surface area contributed by atoms with Gasteiger partial charge in [-0.25, -0.2) is 0 Å². The van der Waals surface area contributed by atoms with Gasteiger partial charge in [0.25, 0.3) is 0 Å². The van der Waals surface area contributed by atoms with Crippen LogP contribution in [0.1, 0.15) is 12.0 Å². The third-order valence-corrected chi connectivity index (χ3v) is 6.21. The van der Waals surface area contributed by atoms with Crippen LogP contribution in [0.4, 0.5) is 0 Å². The van der Waals surface area contributed by atoms with E-state index in [2.05, 4.69) is 4.98 Å². The van der Waals surface area contributed by atoms with E-state index in [0.717, 1.165) is 0 Å². The molecule has 11 nitrogen and oxygen atoms in total. The van der Waals surface area contributed by atoms with Gasteiger partial charge in [0.15, 0.2) is 11.3 Å². The van der Waals surface area contributed by atoms with Crippen molar-refractivity contribution in [3.05, 3.63) is 30.1 Å². The van der Waals surface area contributed by atoms with E-state index in [1.807, 2.05) is 0 Å². The fraction of sp³-hybridized carbons (Fsp3) is 0.417. The Morgan fingerprint density at radius 2 is 1.32 bits per heavy atom. The van der Waals surface area contributed by atoms with Gasteiger partial charge in [-0.15, -0.1) is 0 Å². The molecule has 0 saturated carbocycles. The minimum atomic E-state index is -5.39. The molecule has 0 saturated heterocycles. The van der Waals surface area contributed by atoms with E-state index < -0.39 is 50.8 Å². The van der Waals surface area contributed by atoms with Gasteiger partial charge in [0.1, 0.15) is 0 Å². The summed E-state index contributed by atoms with van der Waals surface area (Å²) >= 11 is 0. The molecular formula is C12H17NO10P2. The van der Waals surface area contributed by atoms with Gasteiger partial charge < -0.3 is 29.8 Å². The molecule has 6 N–H and O–H groups in total. The molecule has 2 unspecified atom stereocenters. The highest BCUT2D eigenvalue weighted by Crippen LogP contribution is 2.54. The maximum Gasteiger partial charge on any atom is 0.340 e. The average Bonchev–Trinajstić information content (AvgIpc) is 2.42. The molecule has 2 atom stereocenters. The Hall–Kier alpha value is -1.61. The lowest BCUT2D eigenvalue weighted by atomic mass is 9.92. The van der Waals surface area contributed by atoms with Crippen LogP contribution in [0.5, 0.6) is 0 Å². The first-order valence-corrected chi connectivity index (χ1v) is 10.2. The van der Waals surface area contributed by atoms with Gasteiger partial charge in [0.2, 0.25) is 0 Å². The summed E-state index contributed by atoms with van der Waals surface area (Å²) < 4.78 is 23.1. The second-order valence-electron chi connectivity index (χ2n) is 5.30. The summed E-state index contributed by atoms with van der Waals surface area (Å²) in [6.45, 7) is 0. The number of carbonyl (C=O) groups is 2. The maximum atomic E-state index is 11.5. The standard InChI is InChI=1S/C12H17NO10P2/c14-11(15)9(24(18,19)20)8(10(12(16)17)25(21,22)23)2-1-7-3-5-13-6-4-7/h3-6,8-10H,1-2H2,(H,14,15)(H,16,17)(H2,18,19,20)(H2,21,22,23). The van der Waals surface area contributed by atoms with Crippen molar-refractivity contribution in [2.24, 2.45) is 5.92 Å². The predicted octanol–water partition coefficient (Wildman–Crippen LogP) is -0.108. The summed E-state index contributed by atoms with van der Waals surface area (Å²) in [7, 11) is -10.8. The summed E-state index contributed by atoms with van der Waals surface area (Å²) in [5, 5.41) is 18.2. The van der Waals surface area contributed by atoms with Crippen LogP contribution in [0.3, 0.4) is 0 Å². The Labute approximate surface area is 141 Å². The second-order valence-corrected chi connectivity index (χ2v) is 8.77. The van der Waals surface area contributed by atoms with Crippen molar-refractivity contribution in [3.63, 3.8) is 0 Å². The Balaban J connectivity index is 3.33. The second kappa shape index (κ2) is 8.18. The van der Waals surface area contributed by atoms with Crippen LogP contribution in [-0.2, 0) is 25.1 Å². The number of aromatic nitrogens is 1. The number of hydrogen-bond acceptors (Lipinski definition) is 5. The Morgan fingerprint density at radius 3 is 1.64 bits per heavy atom. The Bertz CT molecular complexity index is 672. The lowest BCUT2D eigenvalue weighted by molar-refractivity contribution is -0.140. The summed E-state index contributed by atoms with van der Waals surface area (Å²) in [6.07, 6.45) is 2.24. The van der Waals surface area contributed by atoms with Crippen molar-refractivity contribution in [2.75, 3.05) is 0 Å². The number of hydrogen-bond donors (Lipinski definition) is 6. The lowest BCUT2D eigenvalue weighted by Gasteiger charge is -2.29. The van der Waals surface area contributed by atoms with Crippen LogP contribution in [0.15, 0.2) is 24.5 Å². The largest absolute Gasteiger partial charge is 0.481 e. The molecule has 0 fully saturated rings. The predicted molar refractivity (Wildman–Crippen MR) is 83.0 cm³/mol. The molecule has 140 valence electrons. The molecule has 0 bridgehead atoms. The number of nitrogens with zero attached hydrogens (tertiary/aromatic N) is 1. The first-order chi connectivity index (χ1) is 11.4. The van der Waals surface area contributed by atoms with Crippen molar-refractivity contribution in [2.45, 2.75) is 24.2 Å². The summed E-state index contributed by atoms with van der Waals surface area (Å²) in [4.78, 5) is 63.5. The van der Waals surface area contributed by atoms with E-state index in [1.165, 1.54) is 24.5 Å². The molecule has 0 aliphatic heterocycles. The SMILES string of the molecule is O=C(O)C(C(CCc1ccncc1)C(C(=O)O)P(=O)(O)O)P(=O)(O)O. The van der Waals surface area contributed by atoms with Crippen molar-refractivity contribution in [1.29, 1.82) is 0 Å². The molecular weight excluding hydrogens is 380 g/mol. The van der Waals surface area contributed by atoms with E-state index in [9.17, 15) is 38.3 Å². The molecule has 0 radical (unpaired) electrons. The van der Waals surface area contributed by atoms with Gasteiger partial charge in [-0.3, -0.25) is 23.7 Å². The molecule has 1 rings (SSSR count). The molecule has 0 aromatic carbocycles. The zero-order valence-corrected chi connectivity index (χ0v) is 14.4. The molecule has 1 aromatic rings. The van der Waals surface area contributed by atoms with Gasteiger partial charge in [0.05, 0.1) is 0 Å². The molecule has 25 heavy (non-hydrogen) atoms. The first-order valence-electron chi connectivity index (χ1n) is 6.80. The number of carboxylic acids is 2. The smallest absolute Gasteiger partial charge is 0.340 e. The number of rotatable bonds is 9. The van der Waals surface area contributed by atoms with Crippen LogP contribution < -0.4 is 0 Å². The highest BCUT2D eigenvalue weighted by molar-refractivity contribution is 7.55. The molecule has 1 heterocycles. The van der Waals surface area contributed by atoms with Crippen LogP contribution in [0.2, 0.25) is 0 Å². The van der Waals surface area contributed by atoms with Crippen LogP contribution in [0.25, 0.3) is 0 Å². The van der Waals surface area contributed by atoms with Crippen molar-refractivity contribution in [1.82, 2.24) is 4.98 Å². The van der Waals surface area contributed by atoms with Gasteiger partial charge in [-0.05, 0) is 30.5 Å². The molecule has 1 aromatic heterocycles. The van der Waals surface area contributed by atoms with E-state index in [0.29, 0.717) is 5.56 Å². The minimum Gasteiger partial charge on any atom is -0.481 e. The zero-order chi connectivity index (χ0) is 19.4. The topological polar surface area (TPSA) is 203 Å². The van der Waals surface area contributed by atoms with E-state index >= 15 is 0 Å². The van der Waals surface area contributed by atoms with Crippen molar-refractivity contribution >= 4 is 27.1 Å². The third kappa shape index (κ3) is 6.00. The molecule has 0 aliphatic rings. The van der Waals surface area contributed by atoms with Gasteiger partial charge in [-0.1, -0.05) is 0 Å². The Morgan fingerprint density at radius 1 is 0.920 bits per heavy atom. The van der Waals surface area contributed by atoms with E-state index in [4.69, 9.17) is 10.2 Å². The normalized spacial score (nSPS) is 16.0. The number of carboxylic acid groups (broad SMARTS) is 2. The minimum absolute atomic E-state index is 0.0548. The number of aryl methyl sites for hydroxylation is 1. The molecule has 0 amide bonds. The monoisotopic (exact) mass is 397 g/mol. The fourth-order valence-electron chi connectivity index (χ4n) is 2.52. The highest BCUT2D eigenvalue weighted by Gasteiger charge is 2.53. The van der Waals surface area contributed by atoms with Crippen LogP contribution >= 0.6 is 15.2 Å². The van der Waals surface area contributed by atoms with Gasteiger partial charge in [-0.2, -0.15) is 0 Å². The molecule has 13 heteroatoms. The summed E-state index contributed by atoms with van der Waals surface area (Å²) in [5.74, 6) is -6.06. The Kier molecular flexibility index (Phi) is 7.01. The lowest BCUT2D eigenvalue weighted by Crippen LogP contribution is -2.41. The molecule has 0 aliphatic carbocycles. The zero-order valence-electron chi connectivity index (χ0n) is 12.6. The summed E-state index contributed by atoms with van der Waals surface area (Å²) in [5.41, 5.74) is -4.60. The van der Waals surface area contributed by atoms with Crippen molar-refractivity contribution in [3.8, 4) is 0 Å². The van der Waals surface area contributed by atoms with Crippen LogP contribution in [0, 0.1) is 5.92 Å². The van der Waals surface area contributed by atoms with Crippen molar-refractivity contribution < 1.29 is 48.5 Å². The fourth-order valence-corrected chi connectivity index (χ4v) is 4.88.